The summed E-state index contributed by atoms with van der Waals surface area (Å²) in [5.74, 6) is 0. The Morgan fingerprint density at radius 2 is 2.40 bits per heavy atom. The Morgan fingerprint density at radius 1 is 1.67 bits per heavy atom. The van der Waals surface area contributed by atoms with Crippen molar-refractivity contribution in [2.24, 2.45) is 0 Å². The summed E-state index contributed by atoms with van der Waals surface area (Å²) in [7, 11) is 0. The highest BCUT2D eigenvalue weighted by atomic mass is 35.5. The first-order chi connectivity index (χ1) is 7.13. The molecule has 1 aromatic rings. The van der Waals surface area contributed by atoms with Crippen LogP contribution in [0.1, 0.15) is 25.3 Å². The van der Waals surface area contributed by atoms with Crippen molar-refractivity contribution in [3.63, 3.8) is 0 Å². The molecule has 1 atom stereocenters. The number of pyridine rings is 1. The fourth-order valence-electron chi connectivity index (χ4n) is 1.36. The van der Waals surface area contributed by atoms with Crippen molar-refractivity contribution in [3.8, 4) is 0 Å². The van der Waals surface area contributed by atoms with Gasteiger partial charge in [-0.25, -0.2) is 4.98 Å². The van der Waals surface area contributed by atoms with E-state index in [0.29, 0.717) is 11.2 Å². The Hall–Kier alpha value is -1.02. The number of aromatic nitrogens is 1. The molecule has 1 aromatic heterocycles. The van der Waals surface area contributed by atoms with Crippen molar-refractivity contribution < 1.29 is 0 Å². The van der Waals surface area contributed by atoms with Gasteiger partial charge in [-0.05, 0) is 38.3 Å². The summed E-state index contributed by atoms with van der Waals surface area (Å²) >= 11 is 5.98. The summed E-state index contributed by atoms with van der Waals surface area (Å²) in [6.45, 7) is 7.84. The molecule has 2 nitrogen and oxygen atoms in total. The zero-order valence-corrected chi connectivity index (χ0v) is 10.0. The summed E-state index contributed by atoms with van der Waals surface area (Å²) in [5.41, 5.74) is 2.02. The number of allylic oxidation sites excluding steroid dienone is 1. The van der Waals surface area contributed by atoms with E-state index >= 15 is 0 Å². The van der Waals surface area contributed by atoms with Crippen LogP contribution < -0.4 is 5.32 Å². The fraction of sp³-hybridized carbons (Fsp3) is 0.417. The largest absolute Gasteiger partial charge is 0.380 e. The van der Waals surface area contributed by atoms with Crippen LogP contribution in [0.4, 0.5) is 5.69 Å². The van der Waals surface area contributed by atoms with E-state index in [-0.39, 0.29) is 0 Å². The second-order valence-corrected chi connectivity index (χ2v) is 4.12. The van der Waals surface area contributed by atoms with Crippen molar-refractivity contribution in [2.45, 2.75) is 32.7 Å². The van der Waals surface area contributed by atoms with Gasteiger partial charge >= 0.3 is 0 Å². The van der Waals surface area contributed by atoms with Crippen LogP contribution in [-0.4, -0.2) is 11.0 Å². The molecule has 0 aromatic carbocycles. The second-order valence-electron chi connectivity index (χ2n) is 3.76. The molecule has 3 heteroatoms. The van der Waals surface area contributed by atoms with Crippen molar-refractivity contribution in [2.75, 3.05) is 5.32 Å². The number of nitrogens with zero attached hydrogens (tertiary/aromatic N) is 1. The molecule has 1 rings (SSSR count). The van der Waals surface area contributed by atoms with Crippen LogP contribution in [0, 0.1) is 6.92 Å². The van der Waals surface area contributed by atoms with Crippen molar-refractivity contribution in [1.29, 1.82) is 0 Å². The van der Waals surface area contributed by atoms with E-state index in [1.807, 2.05) is 19.1 Å². The first-order valence-corrected chi connectivity index (χ1v) is 5.51. The maximum absolute atomic E-state index is 5.98. The standard InChI is InChI=1S/C12H17ClN2/c1-4-5-6-10(3)15-11-7-9(2)8-14-12(11)13/h4,7-8,10,15H,1,5-6H2,2-3H3. The molecule has 1 unspecified atom stereocenters. The molecule has 0 aliphatic heterocycles. The molecule has 0 spiro atoms. The van der Waals surface area contributed by atoms with Crippen LogP contribution in [0.25, 0.3) is 0 Å². The van der Waals surface area contributed by atoms with Crippen LogP contribution in [0.2, 0.25) is 5.15 Å². The van der Waals surface area contributed by atoms with Gasteiger partial charge in [-0.15, -0.1) is 6.58 Å². The maximum Gasteiger partial charge on any atom is 0.152 e. The molecular weight excluding hydrogens is 208 g/mol. The first-order valence-electron chi connectivity index (χ1n) is 5.13. The van der Waals surface area contributed by atoms with Gasteiger partial charge in [-0.2, -0.15) is 0 Å². The van der Waals surface area contributed by atoms with Crippen LogP contribution in [0.15, 0.2) is 24.9 Å². The lowest BCUT2D eigenvalue weighted by Gasteiger charge is -2.15. The molecule has 1 heterocycles. The highest BCUT2D eigenvalue weighted by Gasteiger charge is 2.05. The summed E-state index contributed by atoms with van der Waals surface area (Å²) in [6, 6.07) is 2.39. The van der Waals surface area contributed by atoms with Gasteiger partial charge in [-0.3, -0.25) is 0 Å². The number of halogens is 1. The zero-order valence-electron chi connectivity index (χ0n) is 9.26. The molecule has 0 fully saturated rings. The predicted molar refractivity (Wildman–Crippen MR) is 66.5 cm³/mol. The number of hydrogen-bond acceptors (Lipinski definition) is 2. The van der Waals surface area contributed by atoms with Gasteiger partial charge in [0.25, 0.3) is 0 Å². The molecule has 1 N–H and O–H groups in total. The smallest absolute Gasteiger partial charge is 0.152 e. The number of hydrogen-bond donors (Lipinski definition) is 1. The summed E-state index contributed by atoms with van der Waals surface area (Å²) in [4.78, 5) is 4.09. The first kappa shape index (κ1) is 12.1. The van der Waals surface area contributed by atoms with E-state index in [2.05, 4.69) is 23.8 Å². The second kappa shape index (κ2) is 5.76. The Labute approximate surface area is 96.4 Å². The Bertz CT molecular complexity index is 336. The van der Waals surface area contributed by atoms with Crippen LogP contribution >= 0.6 is 11.6 Å². The molecule has 0 bridgehead atoms. The van der Waals surface area contributed by atoms with Crippen molar-refractivity contribution >= 4 is 17.3 Å². The third-order valence-corrected chi connectivity index (χ3v) is 2.48. The zero-order chi connectivity index (χ0) is 11.3. The molecule has 0 radical (unpaired) electrons. The lowest BCUT2D eigenvalue weighted by atomic mass is 10.1. The van der Waals surface area contributed by atoms with Gasteiger partial charge in [0.1, 0.15) is 0 Å². The number of anilines is 1. The lowest BCUT2D eigenvalue weighted by molar-refractivity contribution is 0.718. The Kier molecular flexibility index (Phi) is 4.63. The fourth-order valence-corrected chi connectivity index (χ4v) is 1.52. The maximum atomic E-state index is 5.98. The third kappa shape index (κ3) is 3.92. The quantitative estimate of drug-likeness (QED) is 0.608. The average molecular weight is 225 g/mol. The number of nitrogens with one attached hydrogen (secondary N) is 1. The van der Waals surface area contributed by atoms with E-state index in [1.54, 1.807) is 6.20 Å². The molecule has 0 amide bonds. The number of aryl methyl sites for hydroxylation is 1. The van der Waals surface area contributed by atoms with Gasteiger partial charge in [0.2, 0.25) is 0 Å². The summed E-state index contributed by atoms with van der Waals surface area (Å²) in [6.07, 6.45) is 5.75. The molecule has 0 saturated heterocycles. The minimum absolute atomic E-state index is 0.379. The minimum Gasteiger partial charge on any atom is -0.380 e. The monoisotopic (exact) mass is 224 g/mol. The Balaban J connectivity index is 2.62. The van der Waals surface area contributed by atoms with E-state index in [9.17, 15) is 0 Å². The van der Waals surface area contributed by atoms with E-state index < -0.39 is 0 Å². The SMILES string of the molecule is C=CCCC(C)Nc1cc(C)cnc1Cl. The summed E-state index contributed by atoms with van der Waals surface area (Å²) in [5, 5.41) is 3.88. The number of rotatable bonds is 5. The van der Waals surface area contributed by atoms with E-state index in [4.69, 9.17) is 11.6 Å². The normalized spacial score (nSPS) is 12.2. The molecule has 0 aliphatic carbocycles. The molecular formula is C12H17ClN2. The van der Waals surface area contributed by atoms with Crippen LogP contribution in [-0.2, 0) is 0 Å². The van der Waals surface area contributed by atoms with Gasteiger partial charge < -0.3 is 5.32 Å². The minimum atomic E-state index is 0.379. The lowest BCUT2D eigenvalue weighted by Crippen LogP contribution is -2.15. The third-order valence-electron chi connectivity index (χ3n) is 2.18. The van der Waals surface area contributed by atoms with E-state index in [0.717, 1.165) is 24.1 Å². The van der Waals surface area contributed by atoms with Gasteiger partial charge in [-0.1, -0.05) is 17.7 Å². The van der Waals surface area contributed by atoms with Crippen molar-refractivity contribution in [1.82, 2.24) is 4.98 Å². The molecule has 82 valence electrons. The van der Waals surface area contributed by atoms with E-state index in [1.165, 1.54) is 0 Å². The highest BCUT2D eigenvalue weighted by Crippen LogP contribution is 2.21. The molecule has 15 heavy (non-hydrogen) atoms. The predicted octanol–water partition coefficient (Wildman–Crippen LogP) is 3.81. The highest BCUT2D eigenvalue weighted by molar-refractivity contribution is 6.31. The van der Waals surface area contributed by atoms with Crippen LogP contribution in [0.3, 0.4) is 0 Å². The van der Waals surface area contributed by atoms with Gasteiger partial charge in [0, 0.05) is 12.2 Å². The molecule has 0 aliphatic rings. The van der Waals surface area contributed by atoms with Gasteiger partial charge in [0.15, 0.2) is 5.15 Å². The molecule has 0 saturated carbocycles. The van der Waals surface area contributed by atoms with Gasteiger partial charge in [0.05, 0.1) is 5.69 Å². The topological polar surface area (TPSA) is 24.9 Å². The Morgan fingerprint density at radius 3 is 3.07 bits per heavy atom. The van der Waals surface area contributed by atoms with Crippen molar-refractivity contribution in [3.05, 3.63) is 35.6 Å². The average Bonchev–Trinajstić information content (AvgIpc) is 2.20. The van der Waals surface area contributed by atoms with Crippen LogP contribution in [0.5, 0.6) is 0 Å². The summed E-state index contributed by atoms with van der Waals surface area (Å²) < 4.78 is 0.